The van der Waals surface area contributed by atoms with E-state index in [1.807, 2.05) is 24.4 Å². The van der Waals surface area contributed by atoms with Gasteiger partial charge in [-0.2, -0.15) is 0 Å². The number of hydrogen-bond donors (Lipinski definition) is 2. The Morgan fingerprint density at radius 2 is 2.00 bits per heavy atom. The predicted octanol–water partition coefficient (Wildman–Crippen LogP) is 2.93. The lowest BCUT2D eigenvalue weighted by Gasteiger charge is -2.35. The molecule has 0 bridgehead atoms. The molecule has 2 N–H and O–H groups in total. The summed E-state index contributed by atoms with van der Waals surface area (Å²) in [5.41, 5.74) is 0.868. The molecular formula is C23H35N5O3S. The Bertz CT molecular complexity index is 1010. The number of fused-ring (bicyclic) bond motifs is 1. The molecule has 0 amide bonds. The normalized spacial score (nSPS) is 25.5. The van der Waals surface area contributed by atoms with Gasteiger partial charge in [0.05, 0.1) is 11.1 Å². The lowest BCUT2D eigenvalue weighted by atomic mass is 9.83. The standard InChI is InChI=1S/C23H35N5O3S/c1-27(23-21-11-12-24-22(21)25-17-26-23)20-9-7-18(8-10-20)5-2-3-14-32(30,31)28-13-4-6-19(15-28)16-29/h2-3,11-12,17-20,29H,4-10,13-16H2,1H3,(H,24,25,26). The van der Waals surface area contributed by atoms with Crippen molar-refractivity contribution in [1.82, 2.24) is 19.3 Å². The van der Waals surface area contributed by atoms with Gasteiger partial charge in [-0.1, -0.05) is 12.2 Å². The summed E-state index contributed by atoms with van der Waals surface area (Å²) < 4.78 is 26.8. The number of anilines is 1. The molecule has 8 nitrogen and oxygen atoms in total. The summed E-state index contributed by atoms with van der Waals surface area (Å²) in [6.07, 6.45) is 14.5. The molecule has 1 aliphatic carbocycles. The van der Waals surface area contributed by atoms with Gasteiger partial charge < -0.3 is 15.0 Å². The van der Waals surface area contributed by atoms with Gasteiger partial charge in [0.1, 0.15) is 17.8 Å². The minimum atomic E-state index is -3.28. The van der Waals surface area contributed by atoms with Gasteiger partial charge in [0, 0.05) is 39.0 Å². The highest BCUT2D eigenvalue weighted by Crippen LogP contribution is 2.33. The average molecular weight is 462 g/mol. The zero-order valence-corrected chi connectivity index (χ0v) is 19.7. The molecule has 9 heteroatoms. The summed E-state index contributed by atoms with van der Waals surface area (Å²) in [6.45, 7) is 1.09. The van der Waals surface area contributed by atoms with Crippen molar-refractivity contribution in [3.63, 3.8) is 0 Å². The fraction of sp³-hybridized carbons (Fsp3) is 0.652. The van der Waals surface area contributed by atoms with E-state index in [2.05, 4.69) is 26.9 Å². The van der Waals surface area contributed by atoms with Crippen LogP contribution in [0.15, 0.2) is 30.7 Å². The maximum atomic E-state index is 12.6. The first-order valence-electron chi connectivity index (χ1n) is 11.7. The second-order valence-electron chi connectivity index (χ2n) is 9.26. The number of nitrogens with zero attached hydrogens (tertiary/aromatic N) is 4. The molecule has 2 fully saturated rings. The van der Waals surface area contributed by atoms with E-state index in [1.54, 1.807) is 10.6 Å². The number of aromatic amines is 1. The van der Waals surface area contributed by atoms with Gasteiger partial charge in [-0.05, 0) is 62.8 Å². The van der Waals surface area contributed by atoms with Crippen LogP contribution in [-0.2, 0) is 10.0 Å². The molecule has 1 atom stereocenters. The monoisotopic (exact) mass is 461 g/mol. The average Bonchev–Trinajstić information content (AvgIpc) is 3.31. The zero-order chi connectivity index (χ0) is 22.6. The quantitative estimate of drug-likeness (QED) is 0.586. The third-order valence-corrected chi connectivity index (χ3v) is 8.84. The van der Waals surface area contributed by atoms with Crippen molar-refractivity contribution < 1.29 is 13.5 Å². The molecule has 1 saturated heterocycles. The fourth-order valence-electron chi connectivity index (χ4n) is 5.09. The summed E-state index contributed by atoms with van der Waals surface area (Å²) in [7, 11) is -1.16. The molecule has 1 saturated carbocycles. The van der Waals surface area contributed by atoms with E-state index in [4.69, 9.17) is 0 Å². The molecule has 2 aromatic rings. The van der Waals surface area contributed by atoms with Crippen LogP contribution < -0.4 is 4.90 Å². The van der Waals surface area contributed by atoms with Crippen LogP contribution in [0.5, 0.6) is 0 Å². The van der Waals surface area contributed by atoms with Crippen LogP contribution >= 0.6 is 0 Å². The van der Waals surface area contributed by atoms with E-state index in [9.17, 15) is 13.5 Å². The van der Waals surface area contributed by atoms with Gasteiger partial charge in [0.15, 0.2) is 0 Å². The molecule has 2 aliphatic rings. The van der Waals surface area contributed by atoms with Crippen molar-refractivity contribution in [2.45, 2.75) is 51.0 Å². The summed E-state index contributed by atoms with van der Waals surface area (Å²) in [5.74, 6) is 1.71. The summed E-state index contributed by atoms with van der Waals surface area (Å²) in [6, 6.07) is 2.49. The van der Waals surface area contributed by atoms with Crippen molar-refractivity contribution >= 4 is 26.9 Å². The van der Waals surface area contributed by atoms with Gasteiger partial charge in [0.25, 0.3) is 0 Å². The Balaban J connectivity index is 1.24. The first kappa shape index (κ1) is 23.2. The molecule has 4 rings (SSSR count). The van der Waals surface area contributed by atoms with Crippen molar-refractivity contribution in [3.8, 4) is 0 Å². The van der Waals surface area contributed by atoms with Crippen LogP contribution in [0.3, 0.4) is 0 Å². The van der Waals surface area contributed by atoms with Crippen LogP contribution in [0.25, 0.3) is 11.0 Å². The van der Waals surface area contributed by atoms with Gasteiger partial charge in [0.2, 0.25) is 10.0 Å². The Labute approximate surface area is 190 Å². The number of nitrogens with one attached hydrogen (secondary N) is 1. The number of allylic oxidation sites excluding steroid dienone is 1. The summed E-state index contributed by atoms with van der Waals surface area (Å²) in [4.78, 5) is 14.2. The molecule has 0 radical (unpaired) electrons. The molecule has 0 aromatic carbocycles. The number of aromatic nitrogens is 3. The van der Waals surface area contributed by atoms with E-state index in [0.717, 1.165) is 61.8 Å². The number of aliphatic hydroxyl groups is 1. The minimum absolute atomic E-state index is 0.0591. The van der Waals surface area contributed by atoms with Crippen LogP contribution in [0.2, 0.25) is 0 Å². The van der Waals surface area contributed by atoms with Crippen molar-refractivity contribution in [2.75, 3.05) is 37.4 Å². The highest BCUT2D eigenvalue weighted by molar-refractivity contribution is 7.89. The van der Waals surface area contributed by atoms with E-state index >= 15 is 0 Å². The Hall–Kier alpha value is -1.97. The maximum absolute atomic E-state index is 12.6. The van der Waals surface area contributed by atoms with Gasteiger partial charge in [-0.15, -0.1) is 0 Å². The molecule has 32 heavy (non-hydrogen) atoms. The molecule has 1 unspecified atom stereocenters. The first-order valence-corrected chi connectivity index (χ1v) is 13.3. The second kappa shape index (κ2) is 10.3. The summed E-state index contributed by atoms with van der Waals surface area (Å²) >= 11 is 0. The topological polar surface area (TPSA) is 102 Å². The number of hydrogen-bond acceptors (Lipinski definition) is 6. The van der Waals surface area contributed by atoms with Crippen LogP contribution in [-0.4, -0.2) is 71.3 Å². The summed E-state index contributed by atoms with van der Waals surface area (Å²) in [5, 5.41) is 10.4. The van der Waals surface area contributed by atoms with Gasteiger partial charge in [-0.25, -0.2) is 22.7 Å². The first-order chi connectivity index (χ1) is 15.5. The third-order valence-electron chi connectivity index (χ3n) is 7.11. The lowest BCUT2D eigenvalue weighted by Crippen LogP contribution is -2.41. The number of H-pyrrole nitrogens is 1. The predicted molar refractivity (Wildman–Crippen MR) is 127 cm³/mol. The maximum Gasteiger partial charge on any atom is 0.217 e. The molecule has 1 aliphatic heterocycles. The number of piperidine rings is 1. The number of aliphatic hydroxyl groups excluding tert-OH is 1. The Kier molecular flexibility index (Phi) is 7.48. The SMILES string of the molecule is CN(c1ncnc2[nH]ccc12)C1CCC(CC=CCS(=O)(=O)N2CCCC(CO)C2)CC1. The molecule has 3 heterocycles. The second-order valence-corrected chi connectivity index (χ2v) is 11.3. The zero-order valence-electron chi connectivity index (χ0n) is 18.9. The van der Waals surface area contributed by atoms with E-state index < -0.39 is 10.0 Å². The number of sulfonamides is 1. The Morgan fingerprint density at radius 1 is 1.19 bits per heavy atom. The van der Waals surface area contributed by atoms with Crippen LogP contribution in [0.4, 0.5) is 5.82 Å². The largest absolute Gasteiger partial charge is 0.396 e. The van der Waals surface area contributed by atoms with E-state index in [0.29, 0.717) is 25.0 Å². The van der Waals surface area contributed by atoms with Crippen LogP contribution in [0, 0.1) is 11.8 Å². The van der Waals surface area contributed by atoms with E-state index in [1.165, 1.54) is 0 Å². The highest BCUT2D eigenvalue weighted by atomic mass is 32.2. The van der Waals surface area contributed by atoms with Gasteiger partial charge in [-0.3, -0.25) is 0 Å². The molecule has 0 spiro atoms. The molecular weight excluding hydrogens is 426 g/mol. The molecule has 2 aromatic heterocycles. The highest BCUT2D eigenvalue weighted by Gasteiger charge is 2.28. The van der Waals surface area contributed by atoms with E-state index in [-0.39, 0.29) is 18.3 Å². The molecule has 176 valence electrons. The van der Waals surface area contributed by atoms with Crippen molar-refractivity contribution in [2.24, 2.45) is 11.8 Å². The van der Waals surface area contributed by atoms with Crippen molar-refractivity contribution in [1.29, 1.82) is 0 Å². The minimum Gasteiger partial charge on any atom is -0.396 e. The van der Waals surface area contributed by atoms with Crippen LogP contribution in [0.1, 0.15) is 44.9 Å². The fourth-order valence-corrected chi connectivity index (χ4v) is 6.53. The third kappa shape index (κ3) is 5.32. The Morgan fingerprint density at radius 3 is 2.78 bits per heavy atom. The number of rotatable bonds is 8. The lowest BCUT2D eigenvalue weighted by molar-refractivity contribution is 0.165. The smallest absolute Gasteiger partial charge is 0.217 e. The van der Waals surface area contributed by atoms with Crippen molar-refractivity contribution in [3.05, 3.63) is 30.7 Å². The van der Waals surface area contributed by atoms with Gasteiger partial charge >= 0.3 is 0 Å².